The predicted molar refractivity (Wildman–Crippen MR) is 137 cm³/mol. The van der Waals surface area contributed by atoms with E-state index in [2.05, 4.69) is 62.4 Å². The Morgan fingerprint density at radius 3 is 2.61 bits per heavy atom. The van der Waals surface area contributed by atoms with E-state index in [4.69, 9.17) is 14.9 Å². The summed E-state index contributed by atoms with van der Waals surface area (Å²) in [5.41, 5.74) is 6.76. The van der Waals surface area contributed by atoms with Gasteiger partial charge in [-0.05, 0) is 54.6 Å². The van der Waals surface area contributed by atoms with Crippen LogP contribution in [0.25, 0.3) is 10.4 Å². The van der Waals surface area contributed by atoms with Crippen LogP contribution < -0.4 is 10.5 Å². The molecule has 178 valence electrons. The highest BCUT2D eigenvalue weighted by molar-refractivity contribution is 7.13. The third kappa shape index (κ3) is 6.78. The number of imidazole rings is 1. The summed E-state index contributed by atoms with van der Waals surface area (Å²) in [6.45, 7) is 12.5. The average molecular weight is 486 g/mol. The molecule has 3 rings (SSSR count). The van der Waals surface area contributed by atoms with Gasteiger partial charge in [0.1, 0.15) is 11.4 Å². The zero-order chi connectivity index (χ0) is 24.1. The molecule has 6 nitrogen and oxygen atoms in total. The number of carbonyl (C=O) groups excluding carboxylic acids is 1. The lowest BCUT2D eigenvalue weighted by Crippen LogP contribution is -2.45. The summed E-state index contributed by atoms with van der Waals surface area (Å²) in [6.07, 6.45) is 5.04. The van der Waals surface area contributed by atoms with Crippen molar-refractivity contribution >= 4 is 25.6 Å². The summed E-state index contributed by atoms with van der Waals surface area (Å²) in [6, 6.07) is 12.3. The molecule has 0 spiro atoms. The van der Waals surface area contributed by atoms with Crippen LogP contribution in [0.5, 0.6) is 5.75 Å². The molecule has 0 bridgehead atoms. The van der Waals surface area contributed by atoms with Gasteiger partial charge in [-0.2, -0.15) is 0 Å². The molecule has 0 aliphatic carbocycles. The Bertz CT molecular complexity index is 1040. The van der Waals surface area contributed by atoms with Gasteiger partial charge in [-0.25, -0.2) is 4.98 Å². The van der Waals surface area contributed by atoms with E-state index in [0.717, 1.165) is 24.2 Å². The van der Waals surface area contributed by atoms with Crippen LogP contribution in [0.3, 0.4) is 0 Å². The fraction of sp³-hybridized carbons (Fsp3) is 0.440. The number of primary amides is 1. The Kier molecular flexibility index (Phi) is 8.15. The second kappa shape index (κ2) is 10.7. The quantitative estimate of drug-likeness (QED) is 0.268. The molecule has 2 heterocycles. The monoisotopic (exact) mass is 485 g/mol. The Morgan fingerprint density at radius 1 is 1.21 bits per heavy atom. The summed E-state index contributed by atoms with van der Waals surface area (Å²) in [5.74, 6) is 0.385. The van der Waals surface area contributed by atoms with Crippen LogP contribution in [0.2, 0.25) is 18.1 Å². The van der Waals surface area contributed by atoms with Crippen molar-refractivity contribution < 1.29 is 14.0 Å². The molecule has 8 heteroatoms. The lowest BCUT2D eigenvalue weighted by Gasteiger charge is -2.39. The van der Waals surface area contributed by atoms with Gasteiger partial charge in [-0.1, -0.05) is 39.0 Å². The highest BCUT2D eigenvalue weighted by Crippen LogP contribution is 2.38. The summed E-state index contributed by atoms with van der Waals surface area (Å²) >= 11 is 1.71. The van der Waals surface area contributed by atoms with E-state index < -0.39 is 14.2 Å². The van der Waals surface area contributed by atoms with E-state index in [-0.39, 0.29) is 16.8 Å². The maximum absolute atomic E-state index is 11.4. The SMILES string of the molecule is CC(C)(C)[Si](C)(C)O[C@@H](CCCOc1ccccc1-c1cccs1)Cn1cnc(C(N)=O)c1. The number of nitrogens with two attached hydrogens (primary N) is 1. The van der Waals surface area contributed by atoms with Crippen molar-refractivity contribution in [1.82, 2.24) is 9.55 Å². The zero-order valence-corrected chi connectivity index (χ0v) is 22.0. The molecular weight excluding hydrogens is 450 g/mol. The van der Waals surface area contributed by atoms with Crippen LogP contribution in [0.1, 0.15) is 44.1 Å². The van der Waals surface area contributed by atoms with Crippen LogP contribution in [-0.2, 0) is 11.0 Å². The molecule has 1 amide bonds. The molecule has 0 aliphatic heterocycles. The molecule has 1 atom stereocenters. The number of hydrogen-bond acceptors (Lipinski definition) is 5. The number of carbonyl (C=O) groups is 1. The molecule has 3 aromatic rings. The normalized spacial score (nSPS) is 13.1. The lowest BCUT2D eigenvalue weighted by molar-refractivity contribution is 0.0995. The first kappa shape index (κ1) is 25.2. The first-order valence-corrected chi connectivity index (χ1v) is 15.1. The number of amides is 1. The predicted octanol–water partition coefficient (Wildman–Crippen LogP) is 5.96. The van der Waals surface area contributed by atoms with Crippen LogP contribution >= 0.6 is 11.3 Å². The Labute approximate surface area is 201 Å². The van der Waals surface area contributed by atoms with Crippen molar-refractivity contribution in [3.05, 3.63) is 60.0 Å². The number of rotatable bonds is 11. The summed E-state index contributed by atoms with van der Waals surface area (Å²) < 4.78 is 14.8. The van der Waals surface area contributed by atoms with Gasteiger partial charge in [0, 0.05) is 23.2 Å². The van der Waals surface area contributed by atoms with Gasteiger partial charge in [-0.3, -0.25) is 4.79 Å². The highest BCUT2D eigenvalue weighted by atomic mass is 32.1. The largest absolute Gasteiger partial charge is 0.493 e. The smallest absolute Gasteiger partial charge is 0.268 e. The minimum absolute atomic E-state index is 0.00282. The van der Waals surface area contributed by atoms with E-state index in [9.17, 15) is 4.79 Å². The molecule has 2 aromatic heterocycles. The van der Waals surface area contributed by atoms with Crippen molar-refractivity contribution in [2.45, 2.75) is 64.4 Å². The minimum atomic E-state index is -1.97. The molecule has 0 saturated carbocycles. The number of ether oxygens (including phenoxy) is 1. The Hall–Kier alpha value is -2.42. The van der Waals surface area contributed by atoms with Crippen molar-refractivity contribution in [3.8, 4) is 16.2 Å². The Morgan fingerprint density at radius 2 is 1.97 bits per heavy atom. The van der Waals surface area contributed by atoms with Gasteiger partial charge in [0.25, 0.3) is 5.91 Å². The molecule has 0 radical (unpaired) electrons. The highest BCUT2D eigenvalue weighted by Gasteiger charge is 2.39. The number of nitrogens with zero attached hydrogens (tertiary/aromatic N) is 2. The topological polar surface area (TPSA) is 79.4 Å². The summed E-state index contributed by atoms with van der Waals surface area (Å²) in [4.78, 5) is 16.7. The number of hydrogen-bond donors (Lipinski definition) is 1. The average Bonchev–Trinajstić information content (AvgIpc) is 3.42. The number of para-hydroxylation sites is 1. The van der Waals surface area contributed by atoms with Crippen LogP contribution in [0.4, 0.5) is 0 Å². The van der Waals surface area contributed by atoms with Gasteiger partial charge in [-0.15, -0.1) is 11.3 Å². The van der Waals surface area contributed by atoms with E-state index in [1.807, 2.05) is 22.8 Å². The lowest BCUT2D eigenvalue weighted by atomic mass is 10.1. The summed E-state index contributed by atoms with van der Waals surface area (Å²) in [7, 11) is -1.97. The molecule has 0 fully saturated rings. The van der Waals surface area contributed by atoms with Crippen LogP contribution in [-0.4, -0.2) is 36.5 Å². The maximum atomic E-state index is 11.4. The molecule has 2 N–H and O–H groups in total. The maximum Gasteiger partial charge on any atom is 0.268 e. The third-order valence-corrected chi connectivity index (χ3v) is 11.6. The number of aromatic nitrogens is 2. The molecule has 0 unspecified atom stereocenters. The van der Waals surface area contributed by atoms with E-state index >= 15 is 0 Å². The van der Waals surface area contributed by atoms with Crippen molar-refractivity contribution in [3.63, 3.8) is 0 Å². The van der Waals surface area contributed by atoms with Crippen LogP contribution in [0, 0.1) is 0 Å². The molecule has 33 heavy (non-hydrogen) atoms. The van der Waals surface area contributed by atoms with Gasteiger partial charge < -0.3 is 19.5 Å². The van der Waals surface area contributed by atoms with Gasteiger partial charge in [0.05, 0.1) is 19.0 Å². The Balaban J connectivity index is 1.64. The van der Waals surface area contributed by atoms with Crippen LogP contribution in [0.15, 0.2) is 54.3 Å². The number of thiophene rings is 1. The van der Waals surface area contributed by atoms with E-state index in [1.54, 1.807) is 23.9 Å². The van der Waals surface area contributed by atoms with Crippen molar-refractivity contribution in [1.29, 1.82) is 0 Å². The molecular formula is C25H35N3O3SSi. The second-order valence-corrected chi connectivity index (χ2v) is 15.5. The van der Waals surface area contributed by atoms with E-state index in [1.165, 1.54) is 4.88 Å². The molecule has 1 aromatic carbocycles. The standard InChI is InChI=1S/C25H35N3O3SSi/c1-25(2,3)33(4,5)31-19(16-28-17-21(24(26)29)27-18-28)10-8-14-30-22-12-7-6-11-20(22)23-13-9-15-32-23/h6-7,9,11-13,15,17-19H,8,10,14,16H2,1-5H3,(H2,26,29)/t19-/m0/s1. The van der Waals surface area contributed by atoms with Gasteiger partial charge in [0.15, 0.2) is 8.32 Å². The number of benzene rings is 1. The van der Waals surface area contributed by atoms with Gasteiger partial charge >= 0.3 is 0 Å². The van der Waals surface area contributed by atoms with Crippen molar-refractivity contribution in [2.24, 2.45) is 5.73 Å². The first-order chi connectivity index (χ1) is 15.6. The summed E-state index contributed by atoms with van der Waals surface area (Å²) in [5, 5.41) is 2.18. The molecule has 0 aliphatic rings. The first-order valence-electron chi connectivity index (χ1n) is 11.3. The van der Waals surface area contributed by atoms with Crippen molar-refractivity contribution in [2.75, 3.05) is 6.61 Å². The second-order valence-electron chi connectivity index (χ2n) is 9.78. The van der Waals surface area contributed by atoms with E-state index in [0.29, 0.717) is 13.2 Å². The van der Waals surface area contributed by atoms with Gasteiger partial charge in [0.2, 0.25) is 0 Å². The zero-order valence-electron chi connectivity index (χ0n) is 20.2. The minimum Gasteiger partial charge on any atom is -0.493 e. The molecule has 0 saturated heterocycles. The fourth-order valence-corrected chi connectivity index (χ4v) is 5.46. The fourth-order valence-electron chi connectivity index (χ4n) is 3.32. The third-order valence-electron chi connectivity index (χ3n) is 6.17.